The molecule has 9 nitrogen and oxygen atoms in total. The number of halogens is 2. The number of hydrogen-bond acceptors (Lipinski definition) is 8. The van der Waals surface area contributed by atoms with Gasteiger partial charge in [-0.3, -0.25) is 14.8 Å². The number of fused-ring (bicyclic) bond motifs is 1. The van der Waals surface area contributed by atoms with Gasteiger partial charge in [-0.05, 0) is 57.2 Å². The molecule has 2 heterocycles. The molecule has 1 atom stereocenters. The molecule has 3 aromatic carbocycles. The van der Waals surface area contributed by atoms with E-state index in [-0.39, 0.29) is 40.2 Å². The van der Waals surface area contributed by atoms with Crippen molar-refractivity contribution in [3.63, 3.8) is 0 Å². The number of para-hydroxylation sites is 2. The Labute approximate surface area is 234 Å². The van der Waals surface area contributed by atoms with Crippen LogP contribution in [0, 0.1) is 17.0 Å². The van der Waals surface area contributed by atoms with E-state index in [1.807, 2.05) is 18.2 Å². The predicted molar refractivity (Wildman–Crippen MR) is 154 cm³/mol. The SMILES string of the molecule is CC(C)Oc1ccc(C(=N)c2c(N)ncnc2N[C@H](C)c2nc3ccccc3c(=O)n2-c2ccccc2)c(F)c1F. The van der Waals surface area contributed by atoms with Crippen molar-refractivity contribution in [3.8, 4) is 11.4 Å². The zero-order chi connectivity index (χ0) is 29.3. The maximum absolute atomic E-state index is 15.1. The summed E-state index contributed by atoms with van der Waals surface area (Å²) in [7, 11) is 0. The fraction of sp³-hybridized carbons (Fsp3) is 0.167. The molecular formula is C30H27F2N7O2. The van der Waals surface area contributed by atoms with Gasteiger partial charge in [0.1, 0.15) is 23.8 Å². The largest absolute Gasteiger partial charge is 0.488 e. The van der Waals surface area contributed by atoms with Gasteiger partial charge in [-0.2, -0.15) is 4.39 Å². The molecule has 0 unspecified atom stereocenters. The fourth-order valence-corrected chi connectivity index (χ4v) is 4.50. The van der Waals surface area contributed by atoms with E-state index in [1.165, 1.54) is 23.0 Å². The Balaban J connectivity index is 1.59. The average molecular weight is 556 g/mol. The van der Waals surface area contributed by atoms with Crippen LogP contribution >= 0.6 is 0 Å². The van der Waals surface area contributed by atoms with Crippen molar-refractivity contribution >= 4 is 28.3 Å². The molecule has 0 amide bonds. The smallest absolute Gasteiger partial charge is 0.266 e. The van der Waals surface area contributed by atoms with Crippen LogP contribution in [0.5, 0.6) is 5.75 Å². The Morgan fingerprint density at radius 1 is 0.976 bits per heavy atom. The normalized spacial score (nSPS) is 12.0. The fourth-order valence-electron chi connectivity index (χ4n) is 4.50. The van der Waals surface area contributed by atoms with Gasteiger partial charge in [0.15, 0.2) is 11.6 Å². The van der Waals surface area contributed by atoms with Gasteiger partial charge in [-0.25, -0.2) is 19.3 Å². The molecule has 11 heteroatoms. The number of nitrogens with one attached hydrogen (secondary N) is 2. The van der Waals surface area contributed by atoms with Gasteiger partial charge in [0.25, 0.3) is 5.56 Å². The van der Waals surface area contributed by atoms with Crippen molar-refractivity contribution < 1.29 is 13.5 Å². The summed E-state index contributed by atoms with van der Waals surface area (Å²) in [5, 5.41) is 12.4. The highest BCUT2D eigenvalue weighted by atomic mass is 19.2. The Morgan fingerprint density at radius 3 is 2.41 bits per heavy atom. The molecule has 0 saturated carbocycles. The lowest BCUT2D eigenvalue weighted by atomic mass is 10.0. The van der Waals surface area contributed by atoms with Crippen LogP contribution in [-0.2, 0) is 0 Å². The minimum absolute atomic E-state index is 0.0374. The number of nitrogens with zero attached hydrogens (tertiary/aromatic N) is 4. The van der Waals surface area contributed by atoms with Crippen LogP contribution in [0.1, 0.15) is 43.8 Å². The van der Waals surface area contributed by atoms with Crippen LogP contribution in [-0.4, -0.2) is 31.3 Å². The zero-order valence-corrected chi connectivity index (χ0v) is 22.5. The molecule has 5 rings (SSSR count). The van der Waals surface area contributed by atoms with E-state index in [9.17, 15) is 9.18 Å². The molecule has 0 aliphatic carbocycles. The molecule has 2 aromatic heterocycles. The van der Waals surface area contributed by atoms with Crippen molar-refractivity contribution in [1.82, 2.24) is 19.5 Å². The molecular weight excluding hydrogens is 528 g/mol. The van der Waals surface area contributed by atoms with Gasteiger partial charge in [0.2, 0.25) is 5.82 Å². The number of nitrogen functional groups attached to an aromatic ring is 1. The van der Waals surface area contributed by atoms with Crippen molar-refractivity contribution in [2.75, 3.05) is 11.1 Å². The number of benzene rings is 3. The maximum atomic E-state index is 15.1. The minimum Gasteiger partial charge on any atom is -0.488 e. The summed E-state index contributed by atoms with van der Waals surface area (Å²) in [5.74, 6) is -2.41. The average Bonchev–Trinajstić information content (AvgIpc) is 2.95. The van der Waals surface area contributed by atoms with Gasteiger partial charge in [0, 0.05) is 5.56 Å². The number of nitrogens with two attached hydrogens (primary N) is 1. The quantitative estimate of drug-likeness (QED) is 0.218. The third-order valence-corrected chi connectivity index (χ3v) is 6.36. The zero-order valence-electron chi connectivity index (χ0n) is 22.5. The molecule has 208 valence electrons. The third kappa shape index (κ3) is 5.21. The number of anilines is 2. The Kier molecular flexibility index (Phi) is 7.43. The lowest BCUT2D eigenvalue weighted by Crippen LogP contribution is -2.28. The van der Waals surface area contributed by atoms with Crippen molar-refractivity contribution in [3.05, 3.63) is 112 Å². The highest BCUT2D eigenvalue weighted by Crippen LogP contribution is 2.30. The van der Waals surface area contributed by atoms with E-state index in [0.29, 0.717) is 22.4 Å². The highest BCUT2D eigenvalue weighted by Gasteiger charge is 2.25. The van der Waals surface area contributed by atoms with Crippen LogP contribution in [0.3, 0.4) is 0 Å². The minimum atomic E-state index is -1.26. The summed E-state index contributed by atoms with van der Waals surface area (Å²) in [6.07, 6.45) is 0.817. The highest BCUT2D eigenvalue weighted by molar-refractivity contribution is 6.16. The van der Waals surface area contributed by atoms with E-state index in [4.69, 9.17) is 20.9 Å². The first-order valence-corrected chi connectivity index (χ1v) is 12.9. The van der Waals surface area contributed by atoms with E-state index in [2.05, 4.69) is 15.3 Å². The molecule has 0 saturated heterocycles. The van der Waals surface area contributed by atoms with Gasteiger partial charge in [-0.1, -0.05) is 30.3 Å². The Morgan fingerprint density at radius 2 is 1.68 bits per heavy atom. The number of ether oxygens (including phenoxy) is 1. The van der Waals surface area contributed by atoms with E-state index in [1.54, 1.807) is 57.2 Å². The Bertz CT molecular complexity index is 1820. The first kappa shape index (κ1) is 27.4. The van der Waals surface area contributed by atoms with E-state index in [0.717, 1.165) is 0 Å². The van der Waals surface area contributed by atoms with E-state index >= 15 is 4.39 Å². The van der Waals surface area contributed by atoms with Gasteiger partial charge >= 0.3 is 0 Å². The van der Waals surface area contributed by atoms with Gasteiger partial charge in [0.05, 0.1) is 40.0 Å². The first-order chi connectivity index (χ1) is 19.7. The first-order valence-electron chi connectivity index (χ1n) is 12.9. The predicted octanol–water partition coefficient (Wildman–Crippen LogP) is 5.41. The second-order valence-corrected chi connectivity index (χ2v) is 9.59. The van der Waals surface area contributed by atoms with Crippen LogP contribution < -0.4 is 21.3 Å². The lowest BCUT2D eigenvalue weighted by molar-refractivity contribution is 0.228. The van der Waals surface area contributed by atoms with Crippen LogP contribution in [0.4, 0.5) is 20.4 Å². The Hall–Kier alpha value is -5.19. The topological polar surface area (TPSA) is 132 Å². The summed E-state index contributed by atoms with van der Waals surface area (Å²) >= 11 is 0. The van der Waals surface area contributed by atoms with E-state index < -0.39 is 23.4 Å². The van der Waals surface area contributed by atoms with Crippen LogP contribution in [0.15, 0.2) is 77.9 Å². The summed E-state index contributed by atoms with van der Waals surface area (Å²) in [6.45, 7) is 5.15. The van der Waals surface area contributed by atoms with Crippen molar-refractivity contribution in [2.45, 2.75) is 32.9 Å². The monoisotopic (exact) mass is 555 g/mol. The second-order valence-electron chi connectivity index (χ2n) is 9.59. The molecule has 0 aliphatic rings. The molecule has 4 N–H and O–H groups in total. The summed E-state index contributed by atoms with van der Waals surface area (Å²) in [4.78, 5) is 26.6. The molecule has 0 spiro atoms. The number of hydrogen-bond donors (Lipinski definition) is 3. The van der Waals surface area contributed by atoms with Crippen molar-refractivity contribution in [2.24, 2.45) is 0 Å². The molecule has 0 bridgehead atoms. The number of rotatable bonds is 8. The molecule has 5 aromatic rings. The van der Waals surface area contributed by atoms with Crippen molar-refractivity contribution in [1.29, 1.82) is 5.41 Å². The summed E-state index contributed by atoms with van der Waals surface area (Å²) in [6, 6.07) is 17.9. The second kappa shape index (κ2) is 11.1. The summed E-state index contributed by atoms with van der Waals surface area (Å²) in [5.41, 5.74) is 6.17. The molecule has 41 heavy (non-hydrogen) atoms. The maximum Gasteiger partial charge on any atom is 0.266 e. The number of aromatic nitrogens is 4. The summed E-state index contributed by atoms with van der Waals surface area (Å²) < 4.78 is 36.7. The standard InChI is InChI=1S/C30H27F2N7O2/c1-16(2)41-22-14-13-20(24(31)25(22)32)26(33)23-27(34)35-15-36-28(23)37-17(3)29-38-21-12-8-7-11-19(21)30(40)39(29)18-9-5-4-6-10-18/h4-17,33H,1-3H3,(H3,34,35,36,37)/t17-/m1/s1. The van der Waals surface area contributed by atoms with Gasteiger partial charge < -0.3 is 15.8 Å². The lowest BCUT2D eigenvalue weighted by Gasteiger charge is -2.22. The van der Waals surface area contributed by atoms with Gasteiger partial charge in [-0.15, -0.1) is 0 Å². The van der Waals surface area contributed by atoms with Crippen LogP contribution in [0.25, 0.3) is 16.6 Å². The molecule has 0 aliphatic heterocycles. The third-order valence-electron chi connectivity index (χ3n) is 6.36. The van der Waals surface area contributed by atoms with Crippen LogP contribution in [0.2, 0.25) is 0 Å². The molecule has 0 radical (unpaired) electrons. The molecule has 0 fully saturated rings.